The summed E-state index contributed by atoms with van der Waals surface area (Å²) in [5.74, 6) is 0.833. The summed E-state index contributed by atoms with van der Waals surface area (Å²) in [5.41, 5.74) is 1.43. The number of ether oxygens (including phenoxy) is 1. The highest BCUT2D eigenvalue weighted by Crippen LogP contribution is 2.21. The van der Waals surface area contributed by atoms with Crippen LogP contribution in [0.15, 0.2) is 52.9 Å². The molecule has 20 heavy (non-hydrogen) atoms. The highest BCUT2D eigenvalue weighted by Gasteiger charge is 2.09. The molecule has 0 spiro atoms. The van der Waals surface area contributed by atoms with Gasteiger partial charge in [0, 0.05) is 6.07 Å². The SMILES string of the molecule is O=[N+]([O-])c1cccc(OCc2nc3ccccc3o2)c1. The monoisotopic (exact) mass is 270 g/mol. The zero-order chi connectivity index (χ0) is 13.9. The summed E-state index contributed by atoms with van der Waals surface area (Å²) in [5, 5.41) is 10.7. The molecular weight excluding hydrogens is 260 g/mol. The molecular formula is C14H10N2O4. The van der Waals surface area contributed by atoms with Crippen molar-refractivity contribution in [1.82, 2.24) is 4.98 Å². The fraction of sp³-hybridized carbons (Fsp3) is 0.0714. The van der Waals surface area contributed by atoms with Crippen LogP contribution in [0.1, 0.15) is 5.89 Å². The molecule has 0 aliphatic heterocycles. The zero-order valence-electron chi connectivity index (χ0n) is 10.4. The van der Waals surface area contributed by atoms with Crippen LogP contribution >= 0.6 is 0 Å². The summed E-state index contributed by atoms with van der Waals surface area (Å²) in [6.45, 7) is 0.121. The quantitative estimate of drug-likeness (QED) is 0.536. The molecule has 0 aliphatic carbocycles. The molecule has 0 radical (unpaired) electrons. The van der Waals surface area contributed by atoms with Crippen LogP contribution in [0.4, 0.5) is 5.69 Å². The first-order valence-corrected chi connectivity index (χ1v) is 5.94. The van der Waals surface area contributed by atoms with Crippen LogP contribution < -0.4 is 4.74 Å². The number of benzene rings is 2. The second-order valence-electron chi connectivity index (χ2n) is 4.12. The topological polar surface area (TPSA) is 78.4 Å². The average molecular weight is 270 g/mol. The van der Waals surface area contributed by atoms with Gasteiger partial charge in [-0.05, 0) is 18.2 Å². The molecule has 100 valence electrons. The molecule has 0 aliphatic rings. The predicted octanol–water partition coefficient (Wildman–Crippen LogP) is 3.32. The van der Waals surface area contributed by atoms with E-state index in [0.717, 1.165) is 5.52 Å². The van der Waals surface area contributed by atoms with Crippen molar-refractivity contribution < 1.29 is 14.1 Å². The molecule has 0 atom stereocenters. The van der Waals surface area contributed by atoms with E-state index < -0.39 is 4.92 Å². The van der Waals surface area contributed by atoms with Crippen molar-refractivity contribution >= 4 is 16.8 Å². The summed E-state index contributed by atoms with van der Waals surface area (Å²) in [4.78, 5) is 14.5. The van der Waals surface area contributed by atoms with Gasteiger partial charge in [0.15, 0.2) is 12.2 Å². The third kappa shape index (κ3) is 2.44. The maximum Gasteiger partial charge on any atom is 0.273 e. The number of nitro benzene ring substituents is 1. The van der Waals surface area contributed by atoms with Gasteiger partial charge in [-0.25, -0.2) is 4.98 Å². The van der Waals surface area contributed by atoms with E-state index >= 15 is 0 Å². The maximum absolute atomic E-state index is 10.7. The maximum atomic E-state index is 10.7. The van der Waals surface area contributed by atoms with Crippen molar-refractivity contribution in [2.45, 2.75) is 6.61 Å². The van der Waals surface area contributed by atoms with Crippen molar-refractivity contribution in [3.63, 3.8) is 0 Å². The highest BCUT2D eigenvalue weighted by molar-refractivity contribution is 5.72. The van der Waals surface area contributed by atoms with Crippen LogP contribution in [-0.2, 0) is 6.61 Å². The minimum atomic E-state index is -0.466. The normalized spacial score (nSPS) is 10.6. The first-order chi connectivity index (χ1) is 9.72. The van der Waals surface area contributed by atoms with Gasteiger partial charge in [-0.15, -0.1) is 0 Å². The van der Waals surface area contributed by atoms with Crippen molar-refractivity contribution in [3.8, 4) is 5.75 Å². The molecule has 2 aromatic carbocycles. The Morgan fingerprint density at radius 1 is 1.20 bits per heavy atom. The van der Waals surface area contributed by atoms with E-state index in [9.17, 15) is 10.1 Å². The first-order valence-electron chi connectivity index (χ1n) is 5.94. The Bertz CT molecular complexity index is 733. The van der Waals surface area contributed by atoms with Crippen molar-refractivity contribution in [1.29, 1.82) is 0 Å². The molecule has 0 bridgehead atoms. The van der Waals surface area contributed by atoms with Crippen LogP contribution in [0, 0.1) is 10.1 Å². The number of hydrogen-bond donors (Lipinski definition) is 0. The van der Waals surface area contributed by atoms with E-state index in [1.165, 1.54) is 12.1 Å². The van der Waals surface area contributed by atoms with Gasteiger partial charge in [0.2, 0.25) is 5.89 Å². The number of rotatable bonds is 4. The van der Waals surface area contributed by atoms with E-state index in [2.05, 4.69) is 4.98 Å². The summed E-state index contributed by atoms with van der Waals surface area (Å²) < 4.78 is 10.9. The number of para-hydroxylation sites is 2. The van der Waals surface area contributed by atoms with Gasteiger partial charge in [0.25, 0.3) is 5.69 Å². The minimum absolute atomic E-state index is 0.0138. The minimum Gasteiger partial charge on any atom is -0.484 e. The standard InChI is InChI=1S/C14H10N2O4/c17-16(18)10-4-3-5-11(8-10)19-9-14-15-12-6-1-2-7-13(12)20-14/h1-8H,9H2. The Morgan fingerprint density at radius 2 is 2.05 bits per heavy atom. The van der Waals surface area contributed by atoms with E-state index in [1.54, 1.807) is 12.1 Å². The molecule has 6 heteroatoms. The number of non-ortho nitro benzene ring substituents is 1. The number of nitro groups is 1. The summed E-state index contributed by atoms with van der Waals surface area (Å²) >= 11 is 0. The summed E-state index contributed by atoms with van der Waals surface area (Å²) in [7, 11) is 0. The van der Waals surface area contributed by atoms with Crippen LogP contribution in [0.3, 0.4) is 0 Å². The lowest BCUT2D eigenvalue weighted by Gasteiger charge is -2.02. The lowest BCUT2D eigenvalue weighted by molar-refractivity contribution is -0.384. The molecule has 0 saturated heterocycles. The van der Waals surface area contributed by atoms with Crippen molar-refractivity contribution in [3.05, 3.63) is 64.5 Å². The molecule has 1 aromatic heterocycles. The second kappa shape index (κ2) is 5.00. The van der Waals surface area contributed by atoms with Crippen LogP contribution in [0.2, 0.25) is 0 Å². The molecule has 0 saturated carbocycles. The Kier molecular flexibility index (Phi) is 3.04. The molecule has 3 rings (SSSR count). The summed E-state index contributed by atoms with van der Waals surface area (Å²) in [6.07, 6.45) is 0. The Morgan fingerprint density at radius 3 is 2.85 bits per heavy atom. The smallest absolute Gasteiger partial charge is 0.273 e. The van der Waals surface area contributed by atoms with Gasteiger partial charge in [-0.1, -0.05) is 18.2 Å². The fourth-order valence-electron chi connectivity index (χ4n) is 1.81. The second-order valence-corrected chi connectivity index (χ2v) is 4.12. The number of fused-ring (bicyclic) bond motifs is 1. The van der Waals surface area contributed by atoms with E-state index in [1.807, 2.05) is 24.3 Å². The molecule has 6 nitrogen and oxygen atoms in total. The van der Waals surface area contributed by atoms with Gasteiger partial charge in [0.05, 0.1) is 11.0 Å². The lowest BCUT2D eigenvalue weighted by Crippen LogP contribution is -1.96. The molecule has 3 aromatic rings. The first kappa shape index (κ1) is 12.2. The van der Waals surface area contributed by atoms with Crippen molar-refractivity contribution in [2.75, 3.05) is 0 Å². The van der Waals surface area contributed by atoms with Gasteiger partial charge >= 0.3 is 0 Å². The molecule has 0 N–H and O–H groups in total. The lowest BCUT2D eigenvalue weighted by atomic mass is 10.3. The third-order valence-corrected chi connectivity index (χ3v) is 2.73. The average Bonchev–Trinajstić information content (AvgIpc) is 2.88. The predicted molar refractivity (Wildman–Crippen MR) is 71.4 cm³/mol. The number of oxazole rings is 1. The van der Waals surface area contributed by atoms with Gasteiger partial charge < -0.3 is 9.15 Å². The zero-order valence-corrected chi connectivity index (χ0v) is 10.4. The van der Waals surface area contributed by atoms with Gasteiger partial charge in [-0.3, -0.25) is 10.1 Å². The van der Waals surface area contributed by atoms with E-state index in [0.29, 0.717) is 17.2 Å². The third-order valence-electron chi connectivity index (χ3n) is 2.73. The van der Waals surface area contributed by atoms with Gasteiger partial charge in [0.1, 0.15) is 11.3 Å². The molecule has 0 unspecified atom stereocenters. The van der Waals surface area contributed by atoms with Crippen molar-refractivity contribution in [2.24, 2.45) is 0 Å². The van der Waals surface area contributed by atoms with Crippen LogP contribution in [0.25, 0.3) is 11.1 Å². The van der Waals surface area contributed by atoms with Gasteiger partial charge in [-0.2, -0.15) is 0 Å². The Balaban J connectivity index is 1.75. The highest BCUT2D eigenvalue weighted by atomic mass is 16.6. The number of nitrogens with zero attached hydrogens (tertiary/aromatic N) is 2. The number of hydrogen-bond acceptors (Lipinski definition) is 5. The molecule has 0 fully saturated rings. The number of aromatic nitrogens is 1. The largest absolute Gasteiger partial charge is 0.484 e. The Labute approximate surface area is 113 Å². The van der Waals surface area contributed by atoms with Crippen LogP contribution in [0.5, 0.6) is 5.75 Å². The van der Waals surface area contributed by atoms with Crippen LogP contribution in [-0.4, -0.2) is 9.91 Å². The van der Waals surface area contributed by atoms with E-state index in [-0.39, 0.29) is 12.3 Å². The molecule has 1 heterocycles. The Hall–Kier alpha value is -2.89. The fourth-order valence-corrected chi connectivity index (χ4v) is 1.81. The van der Waals surface area contributed by atoms with E-state index in [4.69, 9.17) is 9.15 Å². The summed E-state index contributed by atoms with van der Waals surface area (Å²) in [6, 6.07) is 13.4. The molecule has 0 amide bonds.